The number of thiazole rings is 1. The van der Waals surface area contributed by atoms with Crippen molar-refractivity contribution in [1.29, 1.82) is 0 Å². The van der Waals surface area contributed by atoms with Gasteiger partial charge in [0.1, 0.15) is 0 Å². The van der Waals surface area contributed by atoms with Crippen molar-refractivity contribution in [2.45, 2.75) is 56.6 Å². The molecule has 1 saturated carbocycles. The van der Waals surface area contributed by atoms with Crippen molar-refractivity contribution >= 4 is 53.0 Å². The van der Waals surface area contributed by atoms with E-state index in [1.807, 2.05) is 7.05 Å². The number of nitrogens with one attached hydrogen (secondary N) is 1. The standard InChI is InChI=1S/C18H30N4S2.HI/c1-3-16-21-15(13-23-16)7-10-20-17(19-2)22-11-12-24-18(14-22)8-5-4-6-9-18;/h13H,3-12,14H2,1-2H3,(H,19,20);1H. The molecule has 1 aliphatic carbocycles. The minimum atomic E-state index is 0. The summed E-state index contributed by atoms with van der Waals surface area (Å²) < 4.78 is 0.485. The lowest BCUT2D eigenvalue weighted by molar-refractivity contribution is 0.293. The summed E-state index contributed by atoms with van der Waals surface area (Å²) in [7, 11) is 1.91. The van der Waals surface area contributed by atoms with E-state index in [4.69, 9.17) is 0 Å². The first kappa shape index (κ1) is 21.3. The molecule has 1 aromatic heterocycles. The zero-order chi connectivity index (χ0) is 16.8. The number of aliphatic imine (C=N–C) groups is 1. The van der Waals surface area contributed by atoms with Gasteiger partial charge < -0.3 is 10.2 Å². The molecule has 1 N–H and O–H groups in total. The van der Waals surface area contributed by atoms with Gasteiger partial charge in [0.15, 0.2) is 5.96 Å². The van der Waals surface area contributed by atoms with E-state index in [0.717, 1.165) is 38.4 Å². The Labute approximate surface area is 177 Å². The fourth-order valence-electron chi connectivity index (χ4n) is 3.79. The van der Waals surface area contributed by atoms with Crippen molar-refractivity contribution in [3.05, 3.63) is 16.1 Å². The van der Waals surface area contributed by atoms with Crippen LogP contribution in [-0.4, -0.2) is 53.0 Å². The molecular weight excluding hydrogens is 463 g/mol. The van der Waals surface area contributed by atoms with Crippen molar-refractivity contribution in [3.63, 3.8) is 0 Å². The first-order valence-corrected chi connectivity index (χ1v) is 11.1. The summed E-state index contributed by atoms with van der Waals surface area (Å²) in [5.74, 6) is 2.30. The smallest absolute Gasteiger partial charge is 0.193 e. The molecule has 1 aromatic rings. The predicted molar refractivity (Wildman–Crippen MR) is 122 cm³/mol. The van der Waals surface area contributed by atoms with Crippen LogP contribution in [0.5, 0.6) is 0 Å². The fourth-order valence-corrected chi connectivity index (χ4v) is 6.13. The van der Waals surface area contributed by atoms with Crippen LogP contribution in [0.2, 0.25) is 0 Å². The quantitative estimate of drug-likeness (QED) is 0.387. The van der Waals surface area contributed by atoms with Gasteiger partial charge in [-0.2, -0.15) is 11.8 Å². The molecule has 0 aromatic carbocycles. The molecule has 0 radical (unpaired) electrons. The lowest BCUT2D eigenvalue weighted by Crippen LogP contribution is -2.53. The molecule has 0 atom stereocenters. The molecule has 1 spiro atoms. The van der Waals surface area contributed by atoms with Gasteiger partial charge in [0.05, 0.1) is 10.7 Å². The molecule has 3 rings (SSSR count). The Kier molecular flexibility index (Phi) is 8.81. The summed E-state index contributed by atoms with van der Waals surface area (Å²) in [6, 6.07) is 0. The molecule has 4 nitrogen and oxygen atoms in total. The van der Waals surface area contributed by atoms with Crippen LogP contribution in [-0.2, 0) is 12.8 Å². The second-order valence-electron chi connectivity index (χ2n) is 6.82. The van der Waals surface area contributed by atoms with Gasteiger partial charge in [-0.25, -0.2) is 4.98 Å². The van der Waals surface area contributed by atoms with Crippen molar-refractivity contribution in [2.24, 2.45) is 4.99 Å². The highest BCUT2D eigenvalue weighted by Crippen LogP contribution is 2.42. The van der Waals surface area contributed by atoms with E-state index >= 15 is 0 Å². The summed E-state index contributed by atoms with van der Waals surface area (Å²) in [6.45, 7) is 5.35. The van der Waals surface area contributed by atoms with Gasteiger partial charge in [0.2, 0.25) is 0 Å². The molecule has 25 heavy (non-hydrogen) atoms. The van der Waals surface area contributed by atoms with Crippen LogP contribution in [0.4, 0.5) is 0 Å². The largest absolute Gasteiger partial charge is 0.356 e. The highest BCUT2D eigenvalue weighted by Gasteiger charge is 2.38. The van der Waals surface area contributed by atoms with E-state index in [0.29, 0.717) is 4.75 Å². The number of aryl methyl sites for hydroxylation is 1. The maximum Gasteiger partial charge on any atom is 0.193 e. The Morgan fingerprint density at radius 2 is 2.16 bits per heavy atom. The monoisotopic (exact) mass is 494 g/mol. The Balaban J connectivity index is 0.00000225. The Bertz CT molecular complexity index is 550. The van der Waals surface area contributed by atoms with Crippen LogP contribution in [0, 0.1) is 0 Å². The van der Waals surface area contributed by atoms with Gasteiger partial charge in [-0.15, -0.1) is 35.3 Å². The Morgan fingerprint density at radius 3 is 2.84 bits per heavy atom. The number of thioether (sulfide) groups is 1. The van der Waals surface area contributed by atoms with Crippen LogP contribution in [0.3, 0.4) is 0 Å². The van der Waals surface area contributed by atoms with Crippen LogP contribution in [0.25, 0.3) is 0 Å². The lowest BCUT2D eigenvalue weighted by Gasteiger charge is -2.45. The predicted octanol–water partition coefficient (Wildman–Crippen LogP) is 4.19. The van der Waals surface area contributed by atoms with Gasteiger partial charge in [0.25, 0.3) is 0 Å². The summed E-state index contributed by atoms with van der Waals surface area (Å²) in [5.41, 5.74) is 1.21. The third-order valence-electron chi connectivity index (χ3n) is 5.09. The first-order chi connectivity index (χ1) is 11.7. The third kappa shape index (κ3) is 5.73. The van der Waals surface area contributed by atoms with Gasteiger partial charge in [-0.3, -0.25) is 4.99 Å². The number of guanidine groups is 1. The molecule has 1 saturated heterocycles. The normalized spacial score (nSPS) is 20.4. The van der Waals surface area contributed by atoms with E-state index in [-0.39, 0.29) is 24.0 Å². The lowest BCUT2D eigenvalue weighted by atomic mass is 9.87. The maximum absolute atomic E-state index is 4.65. The van der Waals surface area contributed by atoms with Gasteiger partial charge in [0, 0.05) is 49.0 Å². The maximum atomic E-state index is 4.65. The third-order valence-corrected chi connectivity index (χ3v) is 7.67. The average molecular weight is 495 g/mol. The molecule has 0 amide bonds. The number of nitrogens with zero attached hydrogens (tertiary/aromatic N) is 3. The summed E-state index contributed by atoms with van der Waals surface area (Å²) in [5, 5.41) is 7.00. The molecular formula is C18H31IN4S2. The summed E-state index contributed by atoms with van der Waals surface area (Å²) in [4.78, 5) is 11.7. The second kappa shape index (κ2) is 10.3. The topological polar surface area (TPSA) is 40.5 Å². The van der Waals surface area contributed by atoms with Crippen LogP contribution in [0.15, 0.2) is 10.4 Å². The number of hydrogen-bond acceptors (Lipinski definition) is 4. The van der Waals surface area contributed by atoms with Crippen molar-refractivity contribution in [1.82, 2.24) is 15.2 Å². The molecule has 2 heterocycles. The minimum Gasteiger partial charge on any atom is -0.356 e. The molecule has 0 unspecified atom stereocenters. The van der Waals surface area contributed by atoms with Crippen molar-refractivity contribution in [2.75, 3.05) is 32.4 Å². The Morgan fingerprint density at radius 1 is 1.36 bits per heavy atom. The molecule has 142 valence electrons. The number of halogens is 1. The Hall–Kier alpha value is -0.0200. The minimum absolute atomic E-state index is 0. The number of rotatable bonds is 4. The molecule has 2 aliphatic rings. The van der Waals surface area contributed by atoms with E-state index in [2.05, 4.69) is 44.3 Å². The average Bonchev–Trinajstić information content (AvgIpc) is 3.07. The van der Waals surface area contributed by atoms with Gasteiger partial charge >= 0.3 is 0 Å². The van der Waals surface area contributed by atoms with Crippen molar-refractivity contribution in [3.8, 4) is 0 Å². The zero-order valence-corrected chi connectivity index (χ0v) is 19.4. The van der Waals surface area contributed by atoms with E-state index in [1.165, 1.54) is 48.6 Å². The van der Waals surface area contributed by atoms with E-state index in [1.54, 1.807) is 11.3 Å². The molecule has 1 aliphatic heterocycles. The first-order valence-electron chi connectivity index (χ1n) is 9.27. The van der Waals surface area contributed by atoms with Crippen molar-refractivity contribution < 1.29 is 0 Å². The molecule has 7 heteroatoms. The summed E-state index contributed by atoms with van der Waals surface area (Å²) >= 11 is 3.99. The van der Waals surface area contributed by atoms with Crippen LogP contribution < -0.4 is 5.32 Å². The van der Waals surface area contributed by atoms with E-state index in [9.17, 15) is 0 Å². The highest BCUT2D eigenvalue weighted by molar-refractivity contribution is 14.0. The SMILES string of the molecule is CCc1nc(CCNC(=NC)N2CCSC3(CCCCC3)C2)cs1.I. The molecule has 0 bridgehead atoms. The number of hydrogen-bond donors (Lipinski definition) is 1. The molecule has 2 fully saturated rings. The van der Waals surface area contributed by atoms with Crippen LogP contribution >= 0.6 is 47.1 Å². The summed E-state index contributed by atoms with van der Waals surface area (Å²) in [6.07, 6.45) is 8.99. The highest BCUT2D eigenvalue weighted by atomic mass is 127. The second-order valence-corrected chi connectivity index (χ2v) is 9.33. The fraction of sp³-hybridized carbons (Fsp3) is 0.778. The zero-order valence-electron chi connectivity index (χ0n) is 15.4. The van der Waals surface area contributed by atoms with Gasteiger partial charge in [-0.05, 0) is 19.3 Å². The van der Waals surface area contributed by atoms with Gasteiger partial charge in [-0.1, -0.05) is 26.2 Å². The van der Waals surface area contributed by atoms with Crippen LogP contribution in [0.1, 0.15) is 49.7 Å². The number of aromatic nitrogens is 1. The van der Waals surface area contributed by atoms with E-state index < -0.39 is 0 Å².